The molecule has 0 bridgehead atoms. The van der Waals surface area contributed by atoms with Crippen molar-refractivity contribution in [3.8, 4) is 0 Å². The van der Waals surface area contributed by atoms with Gasteiger partial charge in [0, 0.05) is 38.3 Å². The third-order valence-corrected chi connectivity index (χ3v) is 5.89. The van der Waals surface area contributed by atoms with Crippen LogP contribution in [-0.4, -0.2) is 42.0 Å². The average molecular weight is 446 g/mol. The molecular weight excluding hydrogens is 425 g/mol. The van der Waals surface area contributed by atoms with Crippen LogP contribution in [0.3, 0.4) is 0 Å². The molecule has 0 atom stereocenters. The highest BCUT2D eigenvalue weighted by atomic mass is 32.1. The minimum atomic E-state index is -4.43. The lowest BCUT2D eigenvalue weighted by Gasteiger charge is -2.35. The number of hydrogen-bond acceptors (Lipinski definition) is 5. The molecule has 1 fully saturated rings. The summed E-state index contributed by atoms with van der Waals surface area (Å²) in [6.45, 7) is 4.59. The predicted octanol–water partition coefficient (Wildman–Crippen LogP) is 4.74. The molecule has 1 N–H and O–H groups in total. The van der Waals surface area contributed by atoms with Crippen molar-refractivity contribution in [1.29, 1.82) is 0 Å². The Bertz CT molecular complexity index is 997. The van der Waals surface area contributed by atoms with E-state index in [-0.39, 0.29) is 5.56 Å². The van der Waals surface area contributed by atoms with Crippen molar-refractivity contribution >= 4 is 28.7 Å². The molecule has 1 aliphatic heterocycles. The number of benzene rings is 1. The number of piperazine rings is 1. The monoisotopic (exact) mass is 446 g/mol. The Morgan fingerprint density at radius 3 is 2.35 bits per heavy atom. The quantitative estimate of drug-likeness (QED) is 0.615. The maximum absolute atomic E-state index is 12.6. The number of nitrogens with zero attached hydrogens (tertiary/aromatic N) is 3. The van der Waals surface area contributed by atoms with E-state index in [1.807, 2.05) is 6.07 Å². The number of anilines is 2. The first-order valence-electron chi connectivity index (χ1n) is 9.81. The van der Waals surface area contributed by atoms with Crippen molar-refractivity contribution in [2.75, 3.05) is 36.4 Å². The fraction of sp³-hybridized carbons (Fsp3) is 0.273. The molecule has 5 nitrogen and oxygen atoms in total. The lowest BCUT2D eigenvalue weighted by molar-refractivity contribution is -0.137. The van der Waals surface area contributed by atoms with Crippen molar-refractivity contribution in [3.05, 3.63) is 76.1 Å². The zero-order valence-corrected chi connectivity index (χ0v) is 17.4. The molecule has 162 valence electrons. The minimum Gasteiger partial charge on any atom is -0.354 e. The number of pyridine rings is 1. The van der Waals surface area contributed by atoms with Crippen molar-refractivity contribution in [2.45, 2.75) is 12.7 Å². The van der Waals surface area contributed by atoms with Crippen LogP contribution in [0.1, 0.15) is 21.5 Å². The van der Waals surface area contributed by atoms with E-state index in [2.05, 4.69) is 36.9 Å². The van der Waals surface area contributed by atoms with Gasteiger partial charge >= 0.3 is 6.18 Å². The highest BCUT2D eigenvalue weighted by molar-refractivity contribution is 7.07. The summed E-state index contributed by atoms with van der Waals surface area (Å²) in [5.74, 6) is 0.355. The van der Waals surface area contributed by atoms with Gasteiger partial charge in [-0.2, -0.15) is 24.5 Å². The van der Waals surface area contributed by atoms with Gasteiger partial charge in [0.1, 0.15) is 5.82 Å². The van der Waals surface area contributed by atoms with Crippen LogP contribution in [-0.2, 0) is 12.7 Å². The van der Waals surface area contributed by atoms with Gasteiger partial charge in [0.15, 0.2) is 0 Å². The van der Waals surface area contributed by atoms with Crippen LogP contribution in [0.15, 0.2) is 59.4 Å². The summed E-state index contributed by atoms with van der Waals surface area (Å²) < 4.78 is 37.9. The number of halogens is 3. The normalized spacial score (nSPS) is 15.1. The number of carbonyl (C=O) groups excluding carboxylic acids is 1. The zero-order valence-electron chi connectivity index (χ0n) is 16.6. The molecule has 0 aliphatic carbocycles. The third kappa shape index (κ3) is 5.42. The van der Waals surface area contributed by atoms with Gasteiger partial charge in [-0.15, -0.1) is 0 Å². The largest absolute Gasteiger partial charge is 0.416 e. The molecule has 3 aromatic rings. The summed E-state index contributed by atoms with van der Waals surface area (Å²) >= 11 is 1.71. The van der Waals surface area contributed by atoms with Gasteiger partial charge in [-0.1, -0.05) is 0 Å². The van der Waals surface area contributed by atoms with Gasteiger partial charge in [-0.25, -0.2) is 4.98 Å². The van der Waals surface area contributed by atoms with E-state index in [1.165, 1.54) is 5.56 Å². The molecular formula is C22H21F3N4OS. The lowest BCUT2D eigenvalue weighted by atomic mass is 10.1. The molecule has 1 saturated heterocycles. The second kappa shape index (κ2) is 9.07. The van der Waals surface area contributed by atoms with E-state index in [0.717, 1.165) is 62.8 Å². The van der Waals surface area contributed by atoms with Gasteiger partial charge in [-0.3, -0.25) is 9.69 Å². The van der Waals surface area contributed by atoms with E-state index in [1.54, 1.807) is 23.6 Å². The van der Waals surface area contributed by atoms with Crippen molar-refractivity contribution in [2.24, 2.45) is 0 Å². The summed E-state index contributed by atoms with van der Waals surface area (Å²) in [7, 11) is 0. The number of alkyl halides is 3. The van der Waals surface area contributed by atoms with Gasteiger partial charge in [0.25, 0.3) is 5.91 Å². The summed E-state index contributed by atoms with van der Waals surface area (Å²) in [5.41, 5.74) is 1.19. The topological polar surface area (TPSA) is 48.5 Å². The molecule has 0 saturated carbocycles. The Hall–Kier alpha value is -2.91. The van der Waals surface area contributed by atoms with Gasteiger partial charge in [-0.05, 0) is 58.8 Å². The molecule has 1 amide bonds. The van der Waals surface area contributed by atoms with Gasteiger partial charge < -0.3 is 10.2 Å². The number of rotatable bonds is 5. The van der Waals surface area contributed by atoms with Crippen LogP contribution < -0.4 is 10.2 Å². The van der Waals surface area contributed by atoms with E-state index in [0.29, 0.717) is 5.69 Å². The predicted molar refractivity (Wildman–Crippen MR) is 115 cm³/mol. The Labute approximate surface area is 182 Å². The number of carbonyl (C=O) groups is 1. The number of amides is 1. The Morgan fingerprint density at radius 1 is 1.03 bits per heavy atom. The van der Waals surface area contributed by atoms with Crippen molar-refractivity contribution < 1.29 is 18.0 Å². The van der Waals surface area contributed by atoms with Crippen LogP contribution >= 0.6 is 11.3 Å². The minimum absolute atomic E-state index is 0.152. The molecule has 1 aromatic carbocycles. The highest BCUT2D eigenvalue weighted by Crippen LogP contribution is 2.29. The molecule has 4 rings (SSSR count). The zero-order chi connectivity index (χ0) is 21.8. The third-order valence-electron chi connectivity index (χ3n) is 5.16. The Balaban J connectivity index is 1.30. The van der Waals surface area contributed by atoms with Crippen LogP contribution in [0.25, 0.3) is 0 Å². The fourth-order valence-electron chi connectivity index (χ4n) is 3.44. The lowest BCUT2D eigenvalue weighted by Crippen LogP contribution is -2.46. The smallest absolute Gasteiger partial charge is 0.354 e. The van der Waals surface area contributed by atoms with E-state index in [4.69, 9.17) is 0 Å². The second-order valence-electron chi connectivity index (χ2n) is 7.33. The van der Waals surface area contributed by atoms with E-state index >= 15 is 0 Å². The fourth-order valence-corrected chi connectivity index (χ4v) is 4.10. The Kier molecular flexibility index (Phi) is 6.24. The Morgan fingerprint density at radius 2 is 1.77 bits per heavy atom. The van der Waals surface area contributed by atoms with Crippen molar-refractivity contribution in [1.82, 2.24) is 9.88 Å². The van der Waals surface area contributed by atoms with Gasteiger partial charge in [0.2, 0.25) is 0 Å². The second-order valence-corrected chi connectivity index (χ2v) is 8.11. The standard InChI is InChI=1S/C22H21F3N4OS/c23-22(24,25)18-3-1-17(2-4-18)21(30)27-19-5-6-20(26-13-19)29-10-8-28(9-11-29)14-16-7-12-31-15-16/h1-7,12-13,15H,8-11,14H2,(H,27,30). The first kappa shape index (κ1) is 21.3. The number of aromatic nitrogens is 1. The molecule has 0 spiro atoms. The van der Waals surface area contributed by atoms with Crippen LogP contribution in [0.4, 0.5) is 24.7 Å². The molecule has 0 radical (unpaired) electrons. The maximum Gasteiger partial charge on any atom is 0.416 e. The summed E-state index contributed by atoms with van der Waals surface area (Å²) in [6, 6.07) is 9.86. The highest BCUT2D eigenvalue weighted by Gasteiger charge is 2.30. The van der Waals surface area contributed by atoms with Crippen LogP contribution in [0.2, 0.25) is 0 Å². The first-order valence-corrected chi connectivity index (χ1v) is 10.8. The molecule has 1 aliphatic rings. The summed E-state index contributed by atoms with van der Waals surface area (Å²) in [5, 5.41) is 6.93. The van der Waals surface area contributed by atoms with E-state index in [9.17, 15) is 18.0 Å². The molecule has 9 heteroatoms. The molecule has 2 aromatic heterocycles. The summed E-state index contributed by atoms with van der Waals surface area (Å²) in [6.07, 6.45) is -2.86. The number of nitrogens with one attached hydrogen (secondary N) is 1. The molecule has 3 heterocycles. The van der Waals surface area contributed by atoms with Crippen LogP contribution in [0, 0.1) is 0 Å². The summed E-state index contributed by atoms with van der Waals surface area (Å²) in [4.78, 5) is 21.3. The van der Waals surface area contributed by atoms with Gasteiger partial charge in [0.05, 0.1) is 17.4 Å². The van der Waals surface area contributed by atoms with Crippen molar-refractivity contribution in [3.63, 3.8) is 0 Å². The van der Waals surface area contributed by atoms with E-state index < -0.39 is 17.6 Å². The average Bonchev–Trinajstić information content (AvgIpc) is 3.27. The van der Waals surface area contributed by atoms with Crippen LogP contribution in [0.5, 0.6) is 0 Å². The molecule has 31 heavy (non-hydrogen) atoms. The molecule has 0 unspecified atom stereocenters. The number of thiophene rings is 1. The first-order chi connectivity index (χ1) is 14.9. The SMILES string of the molecule is O=C(Nc1ccc(N2CCN(Cc3ccsc3)CC2)nc1)c1ccc(C(F)(F)F)cc1. The maximum atomic E-state index is 12.6. The number of hydrogen-bond donors (Lipinski definition) is 1.